The van der Waals surface area contributed by atoms with Gasteiger partial charge in [0.05, 0.1) is 42.7 Å². The van der Waals surface area contributed by atoms with E-state index in [2.05, 4.69) is 12.1 Å². The summed E-state index contributed by atoms with van der Waals surface area (Å²) in [6, 6.07) is 6.25. The fourth-order valence-electron chi connectivity index (χ4n) is 5.96. The van der Waals surface area contributed by atoms with E-state index in [1.807, 2.05) is 6.07 Å². The molecule has 6 heteroatoms. The van der Waals surface area contributed by atoms with Crippen LogP contribution >= 0.6 is 0 Å². The molecular weight excluding hydrogens is 408 g/mol. The number of hydrogen-bond donors (Lipinski definition) is 0. The lowest BCUT2D eigenvalue weighted by atomic mass is 9.70. The van der Waals surface area contributed by atoms with Crippen LogP contribution in [0.5, 0.6) is 34.5 Å². The highest BCUT2D eigenvalue weighted by molar-refractivity contribution is 5.62. The van der Waals surface area contributed by atoms with Gasteiger partial charge in [0.15, 0.2) is 23.0 Å². The third-order valence-corrected chi connectivity index (χ3v) is 7.23. The van der Waals surface area contributed by atoms with Crippen LogP contribution < -0.4 is 28.4 Å². The van der Waals surface area contributed by atoms with Crippen molar-refractivity contribution >= 4 is 0 Å². The van der Waals surface area contributed by atoms with Crippen LogP contribution in [0.25, 0.3) is 0 Å². The van der Waals surface area contributed by atoms with E-state index in [-0.39, 0.29) is 0 Å². The monoisotopic (exact) mass is 442 g/mol. The summed E-state index contributed by atoms with van der Waals surface area (Å²) < 4.78 is 34.0. The van der Waals surface area contributed by atoms with Gasteiger partial charge in [0.25, 0.3) is 0 Å². The zero-order valence-electron chi connectivity index (χ0n) is 19.9. The molecule has 2 aliphatic carbocycles. The molecule has 32 heavy (non-hydrogen) atoms. The van der Waals surface area contributed by atoms with Crippen molar-refractivity contribution in [2.75, 3.05) is 42.7 Å². The van der Waals surface area contributed by atoms with Crippen molar-refractivity contribution in [2.24, 2.45) is 11.8 Å². The van der Waals surface area contributed by atoms with Crippen molar-refractivity contribution < 1.29 is 28.4 Å². The summed E-state index contributed by atoms with van der Waals surface area (Å²) in [5.41, 5.74) is 3.76. The highest BCUT2D eigenvalue weighted by Crippen LogP contribution is 2.57. The zero-order valence-corrected chi connectivity index (χ0v) is 19.9. The average molecular weight is 443 g/mol. The third-order valence-electron chi connectivity index (χ3n) is 7.23. The molecule has 4 rings (SSSR count). The minimum absolute atomic E-state index is 0.449. The molecule has 0 N–H and O–H groups in total. The summed E-state index contributed by atoms with van der Waals surface area (Å²) in [6.45, 7) is 0. The molecule has 0 bridgehead atoms. The highest BCUT2D eigenvalue weighted by Gasteiger charge is 2.43. The molecule has 0 spiro atoms. The summed E-state index contributed by atoms with van der Waals surface area (Å²) in [6.07, 6.45) is 5.57. The van der Waals surface area contributed by atoms with E-state index < -0.39 is 0 Å². The Labute approximate surface area is 190 Å². The van der Waals surface area contributed by atoms with Crippen LogP contribution in [0.4, 0.5) is 0 Å². The molecule has 2 unspecified atom stereocenters. The smallest absolute Gasteiger partial charge is 0.203 e. The van der Waals surface area contributed by atoms with Crippen molar-refractivity contribution in [3.63, 3.8) is 0 Å². The Balaban J connectivity index is 1.75. The van der Waals surface area contributed by atoms with E-state index in [0.29, 0.717) is 35.0 Å². The molecule has 3 atom stereocenters. The second-order valence-corrected chi connectivity index (χ2v) is 8.59. The van der Waals surface area contributed by atoms with Gasteiger partial charge in [-0.1, -0.05) is 12.5 Å². The van der Waals surface area contributed by atoms with Gasteiger partial charge in [0.1, 0.15) is 0 Å². The van der Waals surface area contributed by atoms with E-state index in [1.165, 1.54) is 30.4 Å². The first-order chi connectivity index (χ1) is 15.6. The molecule has 6 nitrogen and oxygen atoms in total. The molecule has 1 fully saturated rings. The first-order valence-electron chi connectivity index (χ1n) is 11.2. The quantitative estimate of drug-likeness (QED) is 0.571. The minimum Gasteiger partial charge on any atom is -0.493 e. The molecule has 0 aliphatic heterocycles. The van der Waals surface area contributed by atoms with Gasteiger partial charge in [-0.05, 0) is 66.7 Å². The van der Waals surface area contributed by atoms with Crippen LogP contribution in [0.2, 0.25) is 0 Å². The van der Waals surface area contributed by atoms with Crippen LogP contribution in [0.1, 0.15) is 41.9 Å². The Bertz CT molecular complexity index is 970. The Kier molecular flexibility index (Phi) is 6.58. The average Bonchev–Trinajstić information content (AvgIpc) is 3.21. The molecule has 0 radical (unpaired) electrons. The van der Waals surface area contributed by atoms with E-state index in [4.69, 9.17) is 28.4 Å². The Morgan fingerprint density at radius 2 is 1.38 bits per heavy atom. The van der Waals surface area contributed by atoms with Gasteiger partial charge >= 0.3 is 0 Å². The number of rotatable bonds is 8. The van der Waals surface area contributed by atoms with Gasteiger partial charge in [-0.2, -0.15) is 0 Å². The second-order valence-electron chi connectivity index (χ2n) is 8.59. The lowest BCUT2D eigenvalue weighted by molar-refractivity contribution is 0.231. The van der Waals surface area contributed by atoms with Gasteiger partial charge in [0, 0.05) is 5.56 Å². The molecule has 0 saturated heterocycles. The summed E-state index contributed by atoms with van der Waals surface area (Å²) >= 11 is 0. The van der Waals surface area contributed by atoms with Crippen LogP contribution in [0.15, 0.2) is 18.2 Å². The maximum Gasteiger partial charge on any atom is 0.203 e. The maximum absolute atomic E-state index is 5.82. The van der Waals surface area contributed by atoms with Gasteiger partial charge in [-0.25, -0.2) is 0 Å². The van der Waals surface area contributed by atoms with Gasteiger partial charge < -0.3 is 28.4 Å². The fraction of sp³-hybridized carbons (Fsp3) is 0.538. The van der Waals surface area contributed by atoms with E-state index in [1.54, 1.807) is 42.7 Å². The summed E-state index contributed by atoms with van der Waals surface area (Å²) in [7, 11) is 10.1. The Hall–Kier alpha value is -2.76. The molecule has 0 amide bonds. The first-order valence-corrected chi connectivity index (χ1v) is 11.2. The number of benzene rings is 2. The van der Waals surface area contributed by atoms with E-state index in [0.717, 1.165) is 35.7 Å². The predicted octanol–water partition coefficient (Wildman–Crippen LogP) is 5.04. The predicted molar refractivity (Wildman–Crippen MR) is 123 cm³/mol. The van der Waals surface area contributed by atoms with E-state index in [9.17, 15) is 0 Å². The standard InChI is InChI=1S/C26H34O6/c1-27-20-11-10-17(23(29-3)25(20)31-5)12-15-8-7-9-16-13-19-18(22(15)16)14-21(28-2)26(32-6)24(19)30-4/h10-11,14-16,22H,7-9,12-13H2,1-6H3/t15-,16?,22?/m0/s1. The molecule has 2 aromatic rings. The lowest BCUT2D eigenvalue weighted by Crippen LogP contribution is -2.25. The number of ether oxygens (including phenoxy) is 6. The summed E-state index contributed by atoms with van der Waals surface area (Å²) in [4.78, 5) is 0. The molecular formula is C26H34O6. The van der Waals surface area contributed by atoms with Crippen LogP contribution in [0.3, 0.4) is 0 Å². The first kappa shape index (κ1) is 22.4. The van der Waals surface area contributed by atoms with Crippen molar-refractivity contribution in [1.82, 2.24) is 0 Å². The van der Waals surface area contributed by atoms with Gasteiger partial charge in [-0.15, -0.1) is 0 Å². The summed E-state index contributed by atoms with van der Waals surface area (Å²) in [5.74, 6) is 5.87. The highest BCUT2D eigenvalue weighted by atomic mass is 16.5. The Morgan fingerprint density at radius 1 is 0.719 bits per heavy atom. The molecule has 0 heterocycles. The summed E-state index contributed by atoms with van der Waals surface area (Å²) in [5, 5.41) is 0. The van der Waals surface area contributed by atoms with Crippen LogP contribution in [-0.4, -0.2) is 42.7 Å². The molecule has 0 aromatic heterocycles. The minimum atomic E-state index is 0.449. The number of hydrogen-bond acceptors (Lipinski definition) is 6. The SMILES string of the molecule is COc1ccc(C[C@@H]2CCCC3Cc4c(cc(OC)c(OC)c4OC)C32)c(OC)c1OC. The van der Waals surface area contributed by atoms with Crippen molar-refractivity contribution in [2.45, 2.75) is 38.0 Å². The fourth-order valence-corrected chi connectivity index (χ4v) is 5.96. The van der Waals surface area contributed by atoms with Crippen molar-refractivity contribution in [3.8, 4) is 34.5 Å². The Morgan fingerprint density at radius 3 is 2.00 bits per heavy atom. The molecule has 1 saturated carbocycles. The lowest BCUT2D eigenvalue weighted by Gasteiger charge is -2.35. The largest absolute Gasteiger partial charge is 0.493 e. The normalized spacial score (nSPS) is 21.4. The van der Waals surface area contributed by atoms with Crippen LogP contribution in [-0.2, 0) is 12.8 Å². The topological polar surface area (TPSA) is 55.4 Å². The zero-order chi connectivity index (χ0) is 22.8. The van der Waals surface area contributed by atoms with Crippen LogP contribution in [0, 0.1) is 11.8 Å². The molecule has 174 valence electrons. The van der Waals surface area contributed by atoms with Gasteiger partial charge in [-0.3, -0.25) is 0 Å². The van der Waals surface area contributed by atoms with Gasteiger partial charge in [0.2, 0.25) is 11.5 Å². The van der Waals surface area contributed by atoms with E-state index >= 15 is 0 Å². The molecule has 2 aliphatic rings. The molecule has 2 aromatic carbocycles. The number of methoxy groups -OCH3 is 6. The van der Waals surface area contributed by atoms with Crippen molar-refractivity contribution in [1.29, 1.82) is 0 Å². The van der Waals surface area contributed by atoms with Crippen molar-refractivity contribution in [3.05, 3.63) is 34.9 Å². The maximum atomic E-state index is 5.82. The third kappa shape index (κ3) is 3.59. The number of fused-ring (bicyclic) bond motifs is 3. The second kappa shape index (κ2) is 9.39.